The van der Waals surface area contributed by atoms with Gasteiger partial charge >= 0.3 is 0 Å². The van der Waals surface area contributed by atoms with Gasteiger partial charge in [0.15, 0.2) is 0 Å². The van der Waals surface area contributed by atoms with Crippen LogP contribution in [0.5, 0.6) is 5.75 Å². The minimum absolute atomic E-state index is 0.0795. The first-order chi connectivity index (χ1) is 14.8. The van der Waals surface area contributed by atoms with E-state index in [2.05, 4.69) is 10.0 Å². The van der Waals surface area contributed by atoms with Gasteiger partial charge < -0.3 is 10.1 Å². The molecule has 0 aromatic heterocycles. The predicted molar refractivity (Wildman–Crippen MR) is 122 cm³/mol. The first kappa shape index (κ1) is 22.4. The van der Waals surface area contributed by atoms with Crippen LogP contribution in [0.25, 0.3) is 0 Å². The Balaban J connectivity index is 1.68. The van der Waals surface area contributed by atoms with Crippen LogP contribution >= 0.6 is 0 Å². The zero-order chi connectivity index (χ0) is 22.4. The molecule has 31 heavy (non-hydrogen) atoms. The van der Waals surface area contributed by atoms with Gasteiger partial charge in [0, 0.05) is 17.8 Å². The number of carbonyl (C=O) groups excluding carboxylic acids is 1. The average molecular weight is 439 g/mol. The fourth-order valence-electron chi connectivity index (χ4n) is 3.08. The van der Waals surface area contributed by atoms with Crippen LogP contribution in [0.15, 0.2) is 71.6 Å². The van der Waals surface area contributed by atoms with Crippen LogP contribution in [0.2, 0.25) is 0 Å². The lowest BCUT2D eigenvalue weighted by Gasteiger charge is -2.12. The maximum absolute atomic E-state index is 12.9. The second-order valence-corrected chi connectivity index (χ2v) is 8.96. The van der Waals surface area contributed by atoms with Crippen molar-refractivity contribution >= 4 is 21.6 Å². The van der Waals surface area contributed by atoms with Crippen LogP contribution in [0.1, 0.15) is 27.0 Å². The number of hydrogen-bond acceptors (Lipinski definition) is 4. The monoisotopic (exact) mass is 438 g/mol. The topological polar surface area (TPSA) is 84.5 Å². The van der Waals surface area contributed by atoms with E-state index in [4.69, 9.17) is 4.74 Å². The maximum atomic E-state index is 12.9. The molecule has 0 heterocycles. The third-order valence-electron chi connectivity index (χ3n) is 4.90. The number of amides is 1. The van der Waals surface area contributed by atoms with E-state index in [0.717, 1.165) is 16.9 Å². The Hall–Kier alpha value is -3.32. The molecule has 3 rings (SSSR count). The summed E-state index contributed by atoms with van der Waals surface area (Å²) in [6, 6.07) is 19.4. The molecule has 0 aliphatic rings. The second-order valence-electron chi connectivity index (χ2n) is 7.31. The van der Waals surface area contributed by atoms with Gasteiger partial charge in [-0.2, -0.15) is 0 Å². The Kier molecular flexibility index (Phi) is 6.97. The van der Waals surface area contributed by atoms with Gasteiger partial charge in [-0.25, -0.2) is 8.42 Å². The number of sulfonamides is 1. The standard InChI is InChI=1S/C24H26N2O4S/c1-17-4-10-21(11-5-17)26-31(28,29)23-16-20(9-6-18(23)2)24(27)25-15-14-19-7-12-22(30-3)13-8-19/h4-13,16,26H,14-15H2,1-3H3,(H,25,27). The van der Waals surface area contributed by atoms with E-state index in [0.29, 0.717) is 29.8 Å². The fraction of sp³-hybridized carbons (Fsp3) is 0.208. The Morgan fingerprint density at radius 3 is 2.26 bits per heavy atom. The van der Waals surface area contributed by atoms with Gasteiger partial charge in [0.2, 0.25) is 0 Å². The number of carbonyl (C=O) groups is 1. The Labute approximate surface area is 183 Å². The van der Waals surface area contributed by atoms with Crippen molar-refractivity contribution in [1.82, 2.24) is 5.32 Å². The maximum Gasteiger partial charge on any atom is 0.262 e. The lowest BCUT2D eigenvalue weighted by molar-refractivity contribution is 0.0954. The zero-order valence-electron chi connectivity index (χ0n) is 17.8. The molecule has 0 saturated carbocycles. The van der Waals surface area contributed by atoms with Crippen LogP contribution < -0.4 is 14.8 Å². The molecular formula is C24H26N2O4S. The summed E-state index contributed by atoms with van der Waals surface area (Å²) >= 11 is 0. The van der Waals surface area contributed by atoms with E-state index in [1.54, 1.807) is 38.3 Å². The molecule has 162 valence electrons. The highest BCUT2D eigenvalue weighted by atomic mass is 32.2. The van der Waals surface area contributed by atoms with E-state index in [-0.39, 0.29) is 10.8 Å². The predicted octanol–water partition coefficient (Wildman–Crippen LogP) is 4.09. The molecule has 7 heteroatoms. The lowest BCUT2D eigenvalue weighted by Crippen LogP contribution is -2.26. The Bertz CT molecular complexity index is 1160. The van der Waals surface area contributed by atoms with Crippen molar-refractivity contribution in [1.29, 1.82) is 0 Å². The average Bonchev–Trinajstić information content (AvgIpc) is 2.76. The summed E-state index contributed by atoms with van der Waals surface area (Å²) in [4.78, 5) is 12.7. The molecule has 0 aliphatic heterocycles. The van der Waals surface area contributed by atoms with Gasteiger partial charge in [0.1, 0.15) is 5.75 Å². The highest BCUT2D eigenvalue weighted by Gasteiger charge is 2.19. The van der Waals surface area contributed by atoms with Crippen molar-refractivity contribution in [3.63, 3.8) is 0 Å². The Morgan fingerprint density at radius 1 is 0.935 bits per heavy atom. The zero-order valence-corrected chi connectivity index (χ0v) is 18.6. The van der Waals surface area contributed by atoms with Gasteiger partial charge in [-0.3, -0.25) is 9.52 Å². The third-order valence-corrected chi connectivity index (χ3v) is 6.43. The molecule has 1 amide bonds. The Morgan fingerprint density at radius 2 is 1.61 bits per heavy atom. The van der Waals surface area contributed by atoms with Gasteiger partial charge in [-0.15, -0.1) is 0 Å². The molecule has 3 aromatic rings. The van der Waals surface area contributed by atoms with Crippen LogP contribution in [0, 0.1) is 13.8 Å². The smallest absolute Gasteiger partial charge is 0.262 e. The minimum atomic E-state index is -3.82. The van der Waals surface area contributed by atoms with Gasteiger partial charge in [0.25, 0.3) is 15.9 Å². The number of rotatable bonds is 8. The molecule has 0 unspecified atom stereocenters. The van der Waals surface area contributed by atoms with Gasteiger partial charge in [-0.1, -0.05) is 35.9 Å². The molecule has 0 atom stereocenters. The molecule has 0 bridgehead atoms. The van der Waals surface area contributed by atoms with Gasteiger partial charge in [0.05, 0.1) is 12.0 Å². The molecule has 6 nitrogen and oxygen atoms in total. The molecule has 0 fully saturated rings. The largest absolute Gasteiger partial charge is 0.497 e. The number of benzene rings is 3. The molecule has 0 radical (unpaired) electrons. The van der Waals surface area contributed by atoms with Gasteiger partial charge in [-0.05, 0) is 67.8 Å². The van der Waals surface area contributed by atoms with Crippen molar-refractivity contribution in [2.45, 2.75) is 25.2 Å². The molecule has 3 aromatic carbocycles. The highest BCUT2D eigenvalue weighted by molar-refractivity contribution is 7.92. The molecule has 0 aliphatic carbocycles. The van der Waals surface area contributed by atoms with E-state index < -0.39 is 10.0 Å². The van der Waals surface area contributed by atoms with Crippen LogP contribution in [-0.2, 0) is 16.4 Å². The van der Waals surface area contributed by atoms with E-state index in [1.807, 2.05) is 43.3 Å². The number of anilines is 1. The first-order valence-corrected chi connectivity index (χ1v) is 11.4. The van der Waals surface area contributed by atoms with Crippen molar-refractivity contribution < 1.29 is 17.9 Å². The molecule has 0 spiro atoms. The van der Waals surface area contributed by atoms with Crippen LogP contribution in [0.3, 0.4) is 0 Å². The number of ether oxygens (including phenoxy) is 1. The lowest BCUT2D eigenvalue weighted by atomic mass is 10.1. The number of aryl methyl sites for hydroxylation is 2. The summed E-state index contributed by atoms with van der Waals surface area (Å²) in [6.45, 7) is 4.07. The van der Waals surface area contributed by atoms with Crippen LogP contribution in [-0.4, -0.2) is 28.0 Å². The fourth-order valence-corrected chi connectivity index (χ4v) is 4.41. The molecule has 0 saturated heterocycles. The van der Waals surface area contributed by atoms with Crippen molar-refractivity contribution in [2.24, 2.45) is 0 Å². The van der Waals surface area contributed by atoms with E-state index in [9.17, 15) is 13.2 Å². The van der Waals surface area contributed by atoms with Crippen molar-refractivity contribution in [3.05, 3.63) is 89.0 Å². The summed E-state index contributed by atoms with van der Waals surface area (Å²) in [6.07, 6.45) is 0.654. The molecular weight excluding hydrogens is 412 g/mol. The number of nitrogens with one attached hydrogen (secondary N) is 2. The highest BCUT2D eigenvalue weighted by Crippen LogP contribution is 2.21. The number of methoxy groups -OCH3 is 1. The SMILES string of the molecule is COc1ccc(CCNC(=O)c2ccc(C)c(S(=O)(=O)Nc3ccc(C)cc3)c2)cc1. The number of hydrogen-bond donors (Lipinski definition) is 2. The summed E-state index contributed by atoms with van der Waals surface area (Å²) in [5, 5.41) is 2.84. The summed E-state index contributed by atoms with van der Waals surface area (Å²) < 4.78 is 33.5. The quantitative estimate of drug-likeness (QED) is 0.555. The minimum Gasteiger partial charge on any atom is -0.497 e. The van der Waals surface area contributed by atoms with Crippen molar-refractivity contribution in [2.75, 3.05) is 18.4 Å². The van der Waals surface area contributed by atoms with E-state index >= 15 is 0 Å². The summed E-state index contributed by atoms with van der Waals surface area (Å²) in [7, 11) is -2.21. The van der Waals surface area contributed by atoms with Crippen molar-refractivity contribution in [3.8, 4) is 5.75 Å². The summed E-state index contributed by atoms with van der Waals surface area (Å²) in [5.74, 6) is 0.459. The van der Waals surface area contributed by atoms with Crippen LogP contribution in [0.4, 0.5) is 5.69 Å². The molecule has 2 N–H and O–H groups in total. The second kappa shape index (κ2) is 9.66. The van der Waals surface area contributed by atoms with E-state index in [1.165, 1.54) is 6.07 Å². The normalized spacial score (nSPS) is 11.1. The third kappa shape index (κ3) is 5.86. The first-order valence-electron chi connectivity index (χ1n) is 9.90. The summed E-state index contributed by atoms with van der Waals surface area (Å²) in [5.41, 5.74) is 3.43.